The van der Waals surface area contributed by atoms with Crippen LogP contribution in [0.15, 0.2) is 30.3 Å². The molecule has 0 radical (unpaired) electrons. The van der Waals surface area contributed by atoms with E-state index < -0.39 is 0 Å². The van der Waals surface area contributed by atoms with Gasteiger partial charge in [-0.3, -0.25) is 4.90 Å². The largest absolute Gasteiger partial charge is 0.297 e. The minimum Gasteiger partial charge on any atom is -0.297 e. The summed E-state index contributed by atoms with van der Waals surface area (Å²) in [6.07, 6.45) is 12.3. The third-order valence-electron chi connectivity index (χ3n) is 5.07. The van der Waals surface area contributed by atoms with Gasteiger partial charge in [-0.15, -0.1) is 0 Å². The Balaban J connectivity index is 1.94. The highest BCUT2D eigenvalue weighted by Gasteiger charge is 2.38. The van der Waals surface area contributed by atoms with E-state index in [1.807, 2.05) is 0 Å². The molecule has 1 nitrogen and oxygen atoms in total. The number of rotatable bonds is 8. The van der Waals surface area contributed by atoms with Gasteiger partial charge in [0.25, 0.3) is 0 Å². The molecule has 1 heteroatoms. The van der Waals surface area contributed by atoms with E-state index in [2.05, 4.69) is 49.2 Å². The van der Waals surface area contributed by atoms with Crippen molar-refractivity contribution >= 4 is 0 Å². The van der Waals surface area contributed by atoms with E-state index in [1.165, 1.54) is 69.9 Å². The summed E-state index contributed by atoms with van der Waals surface area (Å²) in [4.78, 5) is 2.65. The molecule has 0 aromatic heterocycles. The summed E-state index contributed by atoms with van der Waals surface area (Å²) in [7, 11) is 2.35. The van der Waals surface area contributed by atoms with E-state index in [9.17, 15) is 0 Å². The van der Waals surface area contributed by atoms with Crippen LogP contribution in [-0.4, -0.2) is 18.5 Å². The molecule has 0 spiro atoms. The number of hydrogen-bond donors (Lipinski definition) is 0. The molecule has 1 aromatic carbocycles. The summed E-state index contributed by atoms with van der Waals surface area (Å²) < 4.78 is 0. The molecule has 0 N–H and O–H groups in total. The summed E-state index contributed by atoms with van der Waals surface area (Å²) in [5, 5.41) is 0. The number of benzene rings is 1. The van der Waals surface area contributed by atoms with Crippen LogP contribution in [0.1, 0.15) is 70.3 Å². The normalized spacial score (nSPS) is 17.8. The molecular weight excluding hydrogens is 242 g/mol. The molecule has 0 unspecified atom stereocenters. The molecule has 0 aliphatic heterocycles. The van der Waals surface area contributed by atoms with Gasteiger partial charge in [-0.2, -0.15) is 0 Å². The van der Waals surface area contributed by atoms with Gasteiger partial charge in [0.05, 0.1) is 0 Å². The SMILES string of the molecule is CCCCCCCN(C)C1(c2ccccc2)CCCC1. The molecule has 20 heavy (non-hydrogen) atoms. The summed E-state index contributed by atoms with van der Waals surface area (Å²) in [5.41, 5.74) is 1.86. The highest BCUT2D eigenvalue weighted by atomic mass is 15.2. The maximum Gasteiger partial charge on any atom is 0.0457 e. The van der Waals surface area contributed by atoms with Gasteiger partial charge < -0.3 is 0 Å². The van der Waals surface area contributed by atoms with Gasteiger partial charge in [0.2, 0.25) is 0 Å². The van der Waals surface area contributed by atoms with Crippen molar-refractivity contribution < 1.29 is 0 Å². The van der Waals surface area contributed by atoms with Crippen LogP contribution < -0.4 is 0 Å². The molecule has 112 valence electrons. The number of nitrogens with zero attached hydrogens (tertiary/aromatic N) is 1. The van der Waals surface area contributed by atoms with Crippen molar-refractivity contribution in [3.8, 4) is 0 Å². The van der Waals surface area contributed by atoms with Crippen molar-refractivity contribution in [1.82, 2.24) is 4.90 Å². The van der Waals surface area contributed by atoms with E-state index in [0.29, 0.717) is 5.54 Å². The zero-order valence-corrected chi connectivity index (χ0v) is 13.4. The maximum atomic E-state index is 2.65. The van der Waals surface area contributed by atoms with Crippen molar-refractivity contribution in [2.24, 2.45) is 0 Å². The second-order valence-electron chi connectivity index (χ2n) is 6.44. The lowest BCUT2D eigenvalue weighted by Crippen LogP contribution is -2.42. The minimum absolute atomic E-state index is 0.325. The Labute approximate surface area is 125 Å². The van der Waals surface area contributed by atoms with E-state index in [0.717, 1.165) is 0 Å². The van der Waals surface area contributed by atoms with Gasteiger partial charge in [0.15, 0.2) is 0 Å². The van der Waals surface area contributed by atoms with E-state index in [4.69, 9.17) is 0 Å². The standard InChI is InChI=1S/C19H31N/c1-3-4-5-6-12-17-20(2)19(15-10-11-16-19)18-13-8-7-9-14-18/h7-9,13-14H,3-6,10-12,15-17H2,1-2H3. The Bertz CT molecular complexity index is 365. The van der Waals surface area contributed by atoms with Gasteiger partial charge in [-0.1, -0.05) is 75.8 Å². The first kappa shape index (κ1) is 15.6. The number of hydrogen-bond acceptors (Lipinski definition) is 1. The molecule has 0 amide bonds. The fourth-order valence-electron chi connectivity index (χ4n) is 3.77. The van der Waals surface area contributed by atoms with Crippen molar-refractivity contribution in [1.29, 1.82) is 0 Å². The summed E-state index contributed by atoms with van der Waals surface area (Å²) in [6.45, 7) is 3.54. The highest BCUT2D eigenvalue weighted by Crippen LogP contribution is 2.43. The zero-order valence-electron chi connectivity index (χ0n) is 13.4. The Kier molecular flexibility index (Phi) is 6.09. The predicted molar refractivity (Wildman–Crippen MR) is 88.0 cm³/mol. The Morgan fingerprint density at radius 1 is 0.950 bits per heavy atom. The Morgan fingerprint density at radius 2 is 1.60 bits per heavy atom. The van der Waals surface area contributed by atoms with E-state index >= 15 is 0 Å². The number of unbranched alkanes of at least 4 members (excludes halogenated alkanes) is 4. The van der Waals surface area contributed by atoms with Crippen LogP contribution in [0.4, 0.5) is 0 Å². The molecule has 0 bridgehead atoms. The molecule has 2 rings (SSSR count). The van der Waals surface area contributed by atoms with Gasteiger partial charge in [0.1, 0.15) is 0 Å². The van der Waals surface area contributed by atoms with Gasteiger partial charge in [0, 0.05) is 5.54 Å². The Morgan fingerprint density at radius 3 is 2.25 bits per heavy atom. The van der Waals surface area contributed by atoms with Crippen LogP contribution in [0.2, 0.25) is 0 Å². The van der Waals surface area contributed by atoms with Crippen molar-refractivity contribution in [2.75, 3.05) is 13.6 Å². The molecule has 0 atom stereocenters. The fourth-order valence-corrected chi connectivity index (χ4v) is 3.77. The molecule has 0 saturated heterocycles. The molecule has 1 fully saturated rings. The third-order valence-corrected chi connectivity index (χ3v) is 5.07. The first-order valence-electron chi connectivity index (χ1n) is 8.56. The first-order chi connectivity index (χ1) is 9.79. The van der Waals surface area contributed by atoms with Crippen LogP contribution in [-0.2, 0) is 5.54 Å². The van der Waals surface area contributed by atoms with Crippen molar-refractivity contribution in [3.05, 3.63) is 35.9 Å². The second kappa shape index (κ2) is 7.83. The summed E-state index contributed by atoms with van der Waals surface area (Å²) in [6, 6.07) is 11.2. The fraction of sp³-hybridized carbons (Fsp3) is 0.684. The van der Waals surface area contributed by atoms with E-state index in [-0.39, 0.29) is 0 Å². The molecule has 0 heterocycles. The minimum atomic E-state index is 0.325. The lowest BCUT2D eigenvalue weighted by atomic mass is 9.86. The lowest BCUT2D eigenvalue weighted by Gasteiger charge is -2.39. The average molecular weight is 273 g/mol. The quantitative estimate of drug-likeness (QED) is 0.576. The second-order valence-corrected chi connectivity index (χ2v) is 6.44. The molecule has 1 aromatic rings. The topological polar surface area (TPSA) is 3.24 Å². The van der Waals surface area contributed by atoms with Crippen LogP contribution in [0.5, 0.6) is 0 Å². The first-order valence-corrected chi connectivity index (χ1v) is 8.56. The van der Waals surface area contributed by atoms with E-state index in [1.54, 1.807) is 0 Å². The molecular formula is C19H31N. The predicted octanol–water partition coefficient (Wildman–Crippen LogP) is 5.36. The Hall–Kier alpha value is -0.820. The smallest absolute Gasteiger partial charge is 0.0457 e. The van der Waals surface area contributed by atoms with Crippen molar-refractivity contribution in [2.45, 2.75) is 70.3 Å². The highest BCUT2D eigenvalue weighted by molar-refractivity contribution is 5.25. The van der Waals surface area contributed by atoms with Crippen LogP contribution >= 0.6 is 0 Å². The molecule has 1 saturated carbocycles. The zero-order chi connectivity index (χ0) is 14.3. The van der Waals surface area contributed by atoms with Crippen LogP contribution in [0.3, 0.4) is 0 Å². The summed E-state index contributed by atoms with van der Waals surface area (Å²) in [5.74, 6) is 0. The molecule has 1 aliphatic carbocycles. The van der Waals surface area contributed by atoms with Gasteiger partial charge in [-0.05, 0) is 38.4 Å². The van der Waals surface area contributed by atoms with Gasteiger partial charge >= 0.3 is 0 Å². The van der Waals surface area contributed by atoms with Crippen molar-refractivity contribution in [3.63, 3.8) is 0 Å². The third kappa shape index (κ3) is 3.63. The average Bonchev–Trinajstić information content (AvgIpc) is 2.99. The lowest BCUT2D eigenvalue weighted by molar-refractivity contribution is 0.120. The monoisotopic (exact) mass is 273 g/mol. The summed E-state index contributed by atoms with van der Waals surface area (Å²) >= 11 is 0. The maximum absolute atomic E-state index is 2.65. The van der Waals surface area contributed by atoms with Crippen LogP contribution in [0, 0.1) is 0 Å². The van der Waals surface area contributed by atoms with Gasteiger partial charge in [-0.25, -0.2) is 0 Å². The molecule has 1 aliphatic rings. The van der Waals surface area contributed by atoms with Crippen LogP contribution in [0.25, 0.3) is 0 Å².